The molecule has 2 aromatic heterocycles. The van der Waals surface area contributed by atoms with Crippen LogP contribution in [0.1, 0.15) is 26.7 Å². The summed E-state index contributed by atoms with van der Waals surface area (Å²) in [6, 6.07) is 0. The van der Waals surface area contributed by atoms with Gasteiger partial charge in [0.15, 0.2) is 11.5 Å². The molecule has 0 saturated carbocycles. The lowest BCUT2D eigenvalue weighted by atomic mass is 9.98. The van der Waals surface area contributed by atoms with Crippen LogP contribution in [0.4, 0.5) is 11.6 Å². The number of aromatic nitrogens is 3. The van der Waals surface area contributed by atoms with Gasteiger partial charge in [0.1, 0.15) is 5.82 Å². The second-order valence-corrected chi connectivity index (χ2v) is 4.67. The van der Waals surface area contributed by atoms with Gasteiger partial charge < -0.3 is 20.1 Å². The Kier molecular flexibility index (Phi) is 3.90. The van der Waals surface area contributed by atoms with Crippen LogP contribution in [0.3, 0.4) is 0 Å². The highest BCUT2D eigenvalue weighted by molar-refractivity contribution is 5.65. The normalized spacial score (nSPS) is 11.8. The number of nitrogens with one attached hydrogen (secondary N) is 2. The molecule has 2 heterocycles. The summed E-state index contributed by atoms with van der Waals surface area (Å²) in [6.45, 7) is 4.42. The van der Waals surface area contributed by atoms with Gasteiger partial charge in [-0.05, 0) is 12.8 Å². The molecule has 6 heteroatoms. The lowest BCUT2D eigenvalue weighted by molar-refractivity contribution is 0.0456. The Morgan fingerprint density at radius 2 is 2.11 bits per heavy atom. The van der Waals surface area contributed by atoms with Gasteiger partial charge in [-0.2, -0.15) is 0 Å². The van der Waals surface area contributed by atoms with Gasteiger partial charge in [-0.3, -0.25) is 0 Å². The molecule has 0 bridgehead atoms. The molecule has 0 unspecified atom stereocenters. The molecule has 19 heavy (non-hydrogen) atoms. The summed E-state index contributed by atoms with van der Waals surface area (Å²) < 4.78 is 1.90. The van der Waals surface area contributed by atoms with Crippen molar-refractivity contribution in [3.8, 4) is 0 Å². The van der Waals surface area contributed by atoms with E-state index in [9.17, 15) is 5.11 Å². The minimum Gasteiger partial charge on any atom is -0.388 e. The van der Waals surface area contributed by atoms with E-state index in [0.717, 1.165) is 11.5 Å². The number of hydrogen-bond acceptors (Lipinski definition) is 5. The van der Waals surface area contributed by atoms with Crippen molar-refractivity contribution in [3.05, 3.63) is 18.6 Å². The number of nitrogens with zero attached hydrogens (tertiary/aromatic N) is 3. The summed E-state index contributed by atoms with van der Waals surface area (Å²) in [7, 11) is 1.82. The molecule has 3 N–H and O–H groups in total. The third kappa shape index (κ3) is 2.78. The highest BCUT2D eigenvalue weighted by atomic mass is 16.3. The van der Waals surface area contributed by atoms with E-state index in [1.807, 2.05) is 37.7 Å². The number of rotatable bonds is 6. The van der Waals surface area contributed by atoms with Crippen LogP contribution in [-0.2, 0) is 0 Å². The van der Waals surface area contributed by atoms with Crippen LogP contribution < -0.4 is 10.6 Å². The number of fused-ring (bicyclic) bond motifs is 1. The van der Waals surface area contributed by atoms with Crippen LogP contribution in [0.5, 0.6) is 0 Å². The van der Waals surface area contributed by atoms with Crippen molar-refractivity contribution in [2.75, 3.05) is 24.2 Å². The van der Waals surface area contributed by atoms with E-state index < -0.39 is 5.60 Å². The molecule has 0 amide bonds. The Balaban J connectivity index is 2.26. The van der Waals surface area contributed by atoms with E-state index in [4.69, 9.17) is 0 Å². The fourth-order valence-electron chi connectivity index (χ4n) is 1.92. The van der Waals surface area contributed by atoms with Crippen LogP contribution in [0.2, 0.25) is 0 Å². The van der Waals surface area contributed by atoms with Crippen LogP contribution in [0.15, 0.2) is 18.6 Å². The molecule has 104 valence electrons. The summed E-state index contributed by atoms with van der Waals surface area (Å²) in [5.74, 6) is 1.43. The van der Waals surface area contributed by atoms with E-state index in [0.29, 0.717) is 25.2 Å². The van der Waals surface area contributed by atoms with Crippen molar-refractivity contribution >= 4 is 17.3 Å². The fraction of sp³-hybridized carbons (Fsp3) is 0.538. The second kappa shape index (κ2) is 5.44. The lowest BCUT2D eigenvalue weighted by Gasteiger charge is -2.25. The molecule has 0 spiro atoms. The number of hydrogen-bond donors (Lipinski definition) is 3. The quantitative estimate of drug-likeness (QED) is 0.740. The zero-order chi connectivity index (χ0) is 13.9. The maximum Gasteiger partial charge on any atom is 0.180 e. The van der Waals surface area contributed by atoms with Crippen molar-refractivity contribution in [3.63, 3.8) is 0 Å². The van der Waals surface area contributed by atoms with Gasteiger partial charge in [0, 0.05) is 26.0 Å². The molecule has 2 rings (SSSR count). The zero-order valence-electron chi connectivity index (χ0n) is 11.6. The molecule has 0 aromatic carbocycles. The van der Waals surface area contributed by atoms with Gasteiger partial charge in [0.05, 0.1) is 11.8 Å². The van der Waals surface area contributed by atoms with E-state index in [-0.39, 0.29) is 0 Å². The minimum atomic E-state index is -0.707. The SMILES string of the molecule is CCC(O)(CC)CNc1nc(NC)cn2ccnc12. The van der Waals surface area contributed by atoms with Crippen LogP contribution >= 0.6 is 0 Å². The Hall–Kier alpha value is -1.82. The molecular weight excluding hydrogens is 242 g/mol. The Bertz CT molecular complexity index is 547. The van der Waals surface area contributed by atoms with E-state index in [1.165, 1.54) is 0 Å². The lowest BCUT2D eigenvalue weighted by Crippen LogP contribution is -2.35. The smallest absolute Gasteiger partial charge is 0.180 e. The molecule has 6 nitrogen and oxygen atoms in total. The predicted molar refractivity (Wildman–Crippen MR) is 76.6 cm³/mol. The topological polar surface area (TPSA) is 74.5 Å². The third-order valence-corrected chi connectivity index (χ3v) is 3.53. The first-order valence-electron chi connectivity index (χ1n) is 6.59. The van der Waals surface area contributed by atoms with Gasteiger partial charge in [0.25, 0.3) is 0 Å². The van der Waals surface area contributed by atoms with Crippen LogP contribution in [0, 0.1) is 0 Å². The zero-order valence-corrected chi connectivity index (χ0v) is 11.6. The number of anilines is 2. The van der Waals surface area contributed by atoms with Gasteiger partial charge in [-0.25, -0.2) is 9.97 Å². The third-order valence-electron chi connectivity index (χ3n) is 3.53. The van der Waals surface area contributed by atoms with Crippen molar-refractivity contribution in [1.29, 1.82) is 0 Å². The monoisotopic (exact) mass is 263 g/mol. The largest absolute Gasteiger partial charge is 0.388 e. The summed E-state index contributed by atoms with van der Waals surface area (Å²) >= 11 is 0. The maximum absolute atomic E-state index is 10.3. The van der Waals surface area contributed by atoms with Crippen molar-refractivity contribution in [2.24, 2.45) is 0 Å². The average molecular weight is 263 g/mol. The molecule has 0 aliphatic carbocycles. The highest BCUT2D eigenvalue weighted by Gasteiger charge is 2.22. The molecular formula is C13H21N5O. The molecule has 2 aromatic rings. The van der Waals surface area contributed by atoms with Gasteiger partial charge in [-0.15, -0.1) is 0 Å². The van der Waals surface area contributed by atoms with Crippen molar-refractivity contribution in [1.82, 2.24) is 14.4 Å². The van der Waals surface area contributed by atoms with E-state index in [1.54, 1.807) is 6.20 Å². The molecule has 0 aliphatic rings. The Labute approximate surface area is 112 Å². The van der Waals surface area contributed by atoms with Crippen LogP contribution in [0.25, 0.3) is 5.65 Å². The second-order valence-electron chi connectivity index (χ2n) is 4.67. The number of aliphatic hydroxyl groups is 1. The minimum absolute atomic E-state index is 0.461. The maximum atomic E-state index is 10.3. The molecule has 0 fully saturated rings. The van der Waals surface area contributed by atoms with E-state index in [2.05, 4.69) is 20.6 Å². The first-order valence-corrected chi connectivity index (χ1v) is 6.59. The molecule has 0 saturated heterocycles. The van der Waals surface area contributed by atoms with Crippen LogP contribution in [-0.4, -0.2) is 38.7 Å². The summed E-state index contributed by atoms with van der Waals surface area (Å²) in [4.78, 5) is 8.72. The molecule has 0 aliphatic heterocycles. The van der Waals surface area contributed by atoms with Crippen molar-refractivity contribution in [2.45, 2.75) is 32.3 Å². The summed E-state index contributed by atoms with van der Waals surface area (Å²) in [6.07, 6.45) is 6.88. The predicted octanol–water partition coefficient (Wildman–Crippen LogP) is 1.73. The highest BCUT2D eigenvalue weighted by Crippen LogP contribution is 2.19. The Morgan fingerprint density at radius 1 is 1.37 bits per heavy atom. The van der Waals surface area contributed by atoms with Gasteiger partial charge >= 0.3 is 0 Å². The average Bonchev–Trinajstić information content (AvgIpc) is 2.92. The molecule has 0 radical (unpaired) electrons. The Morgan fingerprint density at radius 3 is 2.74 bits per heavy atom. The first-order chi connectivity index (χ1) is 9.11. The van der Waals surface area contributed by atoms with Crippen molar-refractivity contribution < 1.29 is 5.11 Å². The summed E-state index contributed by atoms with van der Waals surface area (Å²) in [5.41, 5.74) is 0.0505. The van der Waals surface area contributed by atoms with E-state index >= 15 is 0 Å². The fourth-order valence-corrected chi connectivity index (χ4v) is 1.92. The standard InChI is InChI=1S/C13H21N5O/c1-4-13(19,5-2)9-16-11-12-15-6-7-18(12)8-10(14-3)17-11/h6-8,14,19H,4-5,9H2,1-3H3,(H,16,17). The molecule has 0 atom stereocenters. The number of imidazole rings is 1. The summed E-state index contributed by atoms with van der Waals surface area (Å²) in [5, 5.41) is 16.5. The van der Waals surface area contributed by atoms with Gasteiger partial charge in [0.2, 0.25) is 0 Å². The van der Waals surface area contributed by atoms with Gasteiger partial charge in [-0.1, -0.05) is 13.8 Å². The first kappa shape index (κ1) is 13.6.